The van der Waals surface area contributed by atoms with E-state index < -0.39 is 10.0 Å². The molecule has 7 nitrogen and oxygen atoms in total. The first-order chi connectivity index (χ1) is 12.2. The molecule has 2 rings (SSSR count). The minimum atomic E-state index is -3.70. The Morgan fingerprint density at radius 3 is 2.54 bits per heavy atom. The monoisotopic (exact) mass is 381 g/mol. The van der Waals surface area contributed by atoms with E-state index in [0.717, 1.165) is 12.0 Å². The van der Waals surface area contributed by atoms with Crippen LogP contribution in [0.5, 0.6) is 0 Å². The van der Waals surface area contributed by atoms with Gasteiger partial charge < -0.3 is 10.2 Å². The maximum atomic E-state index is 12.2. The van der Waals surface area contributed by atoms with Crippen LogP contribution >= 0.6 is 0 Å². The zero-order valence-electron chi connectivity index (χ0n) is 15.3. The summed E-state index contributed by atoms with van der Waals surface area (Å²) in [5, 5.41) is 7.98. The summed E-state index contributed by atoms with van der Waals surface area (Å²) in [5.41, 5.74) is 0.912. The molecule has 1 aliphatic heterocycles. The highest BCUT2D eigenvalue weighted by atomic mass is 32.2. The molecule has 2 amide bonds. The van der Waals surface area contributed by atoms with Gasteiger partial charge in [0.15, 0.2) is 0 Å². The van der Waals surface area contributed by atoms with Gasteiger partial charge in [-0.25, -0.2) is 13.6 Å². The minimum absolute atomic E-state index is 0.0184. The third-order valence-electron chi connectivity index (χ3n) is 4.53. The molecule has 1 heterocycles. The first-order valence-electron chi connectivity index (χ1n) is 8.84. The third kappa shape index (κ3) is 5.81. The lowest BCUT2D eigenvalue weighted by molar-refractivity contribution is -0.129. The zero-order valence-corrected chi connectivity index (χ0v) is 16.1. The van der Waals surface area contributed by atoms with Crippen molar-refractivity contribution in [1.82, 2.24) is 10.2 Å². The average molecular weight is 381 g/mol. The van der Waals surface area contributed by atoms with Crippen molar-refractivity contribution in [2.24, 2.45) is 17.0 Å². The Bertz CT molecular complexity index is 744. The van der Waals surface area contributed by atoms with E-state index in [4.69, 9.17) is 5.14 Å². The van der Waals surface area contributed by atoms with Gasteiger partial charge >= 0.3 is 0 Å². The highest BCUT2D eigenvalue weighted by Gasteiger charge is 2.33. The van der Waals surface area contributed by atoms with Crippen LogP contribution in [0.4, 0.5) is 0 Å². The Morgan fingerprint density at radius 2 is 1.96 bits per heavy atom. The molecule has 1 aromatic carbocycles. The third-order valence-corrected chi connectivity index (χ3v) is 5.46. The van der Waals surface area contributed by atoms with Crippen molar-refractivity contribution in [3.05, 3.63) is 29.8 Å². The molecule has 0 aliphatic carbocycles. The van der Waals surface area contributed by atoms with Gasteiger partial charge in [0.05, 0.1) is 10.8 Å². The number of rotatable bonds is 8. The molecule has 3 N–H and O–H groups in total. The number of nitrogens with one attached hydrogen (secondary N) is 1. The maximum absolute atomic E-state index is 12.2. The van der Waals surface area contributed by atoms with Crippen LogP contribution in [0.25, 0.3) is 0 Å². The first-order valence-corrected chi connectivity index (χ1v) is 10.4. The molecule has 1 saturated heterocycles. The van der Waals surface area contributed by atoms with E-state index in [9.17, 15) is 18.0 Å². The van der Waals surface area contributed by atoms with E-state index in [1.54, 1.807) is 17.0 Å². The number of hydrogen-bond acceptors (Lipinski definition) is 4. The summed E-state index contributed by atoms with van der Waals surface area (Å²) in [6.45, 7) is 5.77. The lowest BCUT2D eigenvalue weighted by atomic mass is 10.1. The van der Waals surface area contributed by atoms with Crippen molar-refractivity contribution in [1.29, 1.82) is 0 Å². The number of amides is 2. The summed E-state index contributed by atoms with van der Waals surface area (Å²) in [7, 11) is -3.70. The Morgan fingerprint density at radius 1 is 1.31 bits per heavy atom. The number of sulfonamides is 1. The van der Waals surface area contributed by atoms with Crippen LogP contribution in [0.3, 0.4) is 0 Å². The number of carbonyl (C=O) groups is 2. The molecule has 0 saturated carbocycles. The lowest BCUT2D eigenvalue weighted by Gasteiger charge is -2.17. The Labute approximate surface area is 155 Å². The predicted molar refractivity (Wildman–Crippen MR) is 98.7 cm³/mol. The van der Waals surface area contributed by atoms with E-state index in [1.165, 1.54) is 12.1 Å². The fourth-order valence-electron chi connectivity index (χ4n) is 2.90. The summed E-state index contributed by atoms with van der Waals surface area (Å²) >= 11 is 0. The second-order valence-corrected chi connectivity index (χ2v) is 8.71. The molecule has 1 aromatic rings. The number of nitrogens with zero attached hydrogens (tertiary/aromatic N) is 1. The molecular formula is C18H27N3O4S. The molecule has 0 radical (unpaired) electrons. The zero-order chi connectivity index (χ0) is 19.3. The molecule has 8 heteroatoms. The smallest absolute Gasteiger partial charge is 0.238 e. The van der Waals surface area contributed by atoms with Gasteiger partial charge in [-0.3, -0.25) is 9.59 Å². The number of primary sulfonamides is 1. The number of likely N-dealkylation sites (tertiary alicyclic amines) is 1. The van der Waals surface area contributed by atoms with Gasteiger partial charge in [-0.05, 0) is 36.5 Å². The molecular weight excluding hydrogens is 354 g/mol. The van der Waals surface area contributed by atoms with Crippen molar-refractivity contribution in [3.63, 3.8) is 0 Å². The van der Waals surface area contributed by atoms with Gasteiger partial charge in [0, 0.05) is 26.1 Å². The average Bonchev–Trinajstić information content (AvgIpc) is 2.93. The van der Waals surface area contributed by atoms with Crippen LogP contribution < -0.4 is 10.5 Å². The summed E-state index contributed by atoms with van der Waals surface area (Å²) in [6.07, 6.45) is 1.76. The van der Waals surface area contributed by atoms with E-state index in [1.807, 2.05) is 0 Å². The molecule has 0 aromatic heterocycles. The first kappa shape index (κ1) is 20.4. The predicted octanol–water partition coefficient (Wildman–Crippen LogP) is 0.887. The topological polar surface area (TPSA) is 110 Å². The summed E-state index contributed by atoms with van der Waals surface area (Å²) in [5.74, 6) is 0.159. The quantitative estimate of drug-likeness (QED) is 0.697. The van der Waals surface area contributed by atoms with Gasteiger partial charge in [-0.15, -0.1) is 0 Å². The maximum Gasteiger partial charge on any atom is 0.238 e. The Balaban J connectivity index is 1.83. The minimum Gasteiger partial charge on any atom is -0.356 e. The van der Waals surface area contributed by atoms with Crippen LogP contribution in [-0.4, -0.2) is 44.8 Å². The standard InChI is InChI=1S/C18H27N3O4S/c1-13(2)7-9-20-18(23)15-11-17(22)21(12-15)10-8-14-3-5-16(6-4-14)26(19,24)25/h3-6,13,15H,7-12H2,1-2H3,(H,20,23)(H2,19,24,25). The molecule has 1 fully saturated rings. The van der Waals surface area contributed by atoms with E-state index >= 15 is 0 Å². The Kier molecular flexibility index (Phi) is 6.77. The number of nitrogens with two attached hydrogens (primary N) is 1. The lowest BCUT2D eigenvalue weighted by Crippen LogP contribution is -2.34. The van der Waals surface area contributed by atoms with E-state index in [0.29, 0.717) is 32.0 Å². The molecule has 0 spiro atoms. The van der Waals surface area contributed by atoms with Gasteiger partial charge in [0.2, 0.25) is 21.8 Å². The summed E-state index contributed by atoms with van der Waals surface area (Å²) in [4.78, 5) is 26.1. The van der Waals surface area contributed by atoms with Crippen LogP contribution in [0, 0.1) is 11.8 Å². The molecule has 0 bridgehead atoms. The van der Waals surface area contributed by atoms with Crippen LogP contribution in [0.2, 0.25) is 0 Å². The van der Waals surface area contributed by atoms with E-state index in [-0.39, 0.29) is 29.0 Å². The highest BCUT2D eigenvalue weighted by Crippen LogP contribution is 2.19. The highest BCUT2D eigenvalue weighted by molar-refractivity contribution is 7.89. The molecule has 26 heavy (non-hydrogen) atoms. The molecule has 1 aliphatic rings. The molecule has 1 unspecified atom stereocenters. The van der Waals surface area contributed by atoms with Crippen molar-refractivity contribution in [2.75, 3.05) is 19.6 Å². The Hall–Kier alpha value is -1.93. The van der Waals surface area contributed by atoms with Gasteiger partial charge in [-0.2, -0.15) is 0 Å². The van der Waals surface area contributed by atoms with Crippen molar-refractivity contribution in [3.8, 4) is 0 Å². The fraction of sp³-hybridized carbons (Fsp3) is 0.556. The second-order valence-electron chi connectivity index (χ2n) is 7.15. The van der Waals surface area contributed by atoms with Gasteiger partial charge in [-0.1, -0.05) is 26.0 Å². The summed E-state index contributed by atoms with van der Waals surface area (Å²) in [6, 6.07) is 6.30. The number of hydrogen-bond donors (Lipinski definition) is 2. The fourth-order valence-corrected chi connectivity index (χ4v) is 3.42. The van der Waals surface area contributed by atoms with Crippen LogP contribution in [-0.2, 0) is 26.0 Å². The molecule has 1 atom stereocenters. The summed E-state index contributed by atoms with van der Waals surface area (Å²) < 4.78 is 22.5. The number of carbonyl (C=O) groups excluding carboxylic acids is 2. The largest absolute Gasteiger partial charge is 0.356 e. The van der Waals surface area contributed by atoms with Gasteiger partial charge in [0.1, 0.15) is 0 Å². The van der Waals surface area contributed by atoms with Crippen molar-refractivity contribution >= 4 is 21.8 Å². The van der Waals surface area contributed by atoms with Gasteiger partial charge in [0.25, 0.3) is 0 Å². The van der Waals surface area contributed by atoms with Crippen LogP contribution in [0.15, 0.2) is 29.2 Å². The van der Waals surface area contributed by atoms with Crippen molar-refractivity contribution in [2.45, 2.75) is 38.0 Å². The second kappa shape index (κ2) is 8.64. The van der Waals surface area contributed by atoms with Crippen LogP contribution in [0.1, 0.15) is 32.3 Å². The molecule has 144 valence electrons. The number of benzene rings is 1. The SMILES string of the molecule is CC(C)CCNC(=O)C1CC(=O)N(CCc2ccc(S(N)(=O)=O)cc2)C1. The normalized spacial score (nSPS) is 17.8. The van der Waals surface area contributed by atoms with E-state index in [2.05, 4.69) is 19.2 Å². The van der Waals surface area contributed by atoms with Crippen molar-refractivity contribution < 1.29 is 18.0 Å².